The maximum Gasteiger partial charge on any atom is 0.416 e. The Labute approximate surface area is 199 Å². The fourth-order valence-electron chi connectivity index (χ4n) is 4.31. The molecule has 1 aromatic heterocycles. The summed E-state index contributed by atoms with van der Waals surface area (Å²) in [5.74, 6) is -0.242. The lowest BCUT2D eigenvalue weighted by atomic mass is 10.0. The number of rotatable bonds is 4. The predicted octanol–water partition coefficient (Wildman–Crippen LogP) is 5.77. The van der Waals surface area contributed by atoms with Gasteiger partial charge in [-0.1, -0.05) is 0 Å². The number of hydrogen-bond donors (Lipinski definition) is 4. The minimum atomic E-state index is -4.45. The van der Waals surface area contributed by atoms with Crippen molar-refractivity contribution >= 4 is 46.3 Å². The molecule has 3 heterocycles. The van der Waals surface area contributed by atoms with Crippen LogP contribution in [-0.4, -0.2) is 30.0 Å². The molecule has 0 unspecified atom stereocenters. The Morgan fingerprint density at radius 3 is 2.43 bits per heavy atom. The van der Waals surface area contributed by atoms with Crippen molar-refractivity contribution in [2.75, 3.05) is 33.9 Å². The van der Waals surface area contributed by atoms with Crippen LogP contribution in [0.1, 0.15) is 29.7 Å². The Morgan fingerprint density at radius 1 is 1.03 bits per heavy atom. The van der Waals surface area contributed by atoms with Crippen molar-refractivity contribution in [1.82, 2.24) is 4.98 Å². The predicted molar refractivity (Wildman–Crippen MR) is 129 cm³/mol. The summed E-state index contributed by atoms with van der Waals surface area (Å²) in [6.07, 6.45) is 1.12. The highest BCUT2D eigenvalue weighted by molar-refractivity contribution is 6.35. The highest BCUT2D eigenvalue weighted by atomic mass is 19.4. The maximum atomic E-state index is 12.8. The molecule has 0 radical (unpaired) electrons. The average Bonchev–Trinajstić information content (AvgIpc) is 3.56. The SMILES string of the molecule is O=C(Nc1ccc(C(F)(F)F)cc1)Nc1cc2c(cc1N1CCCC1)/C(=C/c1ccc[nH]1)C(=O)N2. The van der Waals surface area contributed by atoms with Crippen LogP contribution in [0.4, 0.5) is 40.7 Å². The Balaban J connectivity index is 1.42. The van der Waals surface area contributed by atoms with E-state index >= 15 is 0 Å². The van der Waals surface area contributed by atoms with Crippen molar-refractivity contribution < 1.29 is 22.8 Å². The number of carbonyl (C=O) groups excluding carboxylic acids is 2. The van der Waals surface area contributed by atoms with Gasteiger partial charge in [0.2, 0.25) is 0 Å². The molecule has 0 saturated carbocycles. The Morgan fingerprint density at radius 2 is 1.77 bits per heavy atom. The Hall–Kier alpha value is -4.21. The molecular formula is C25H22F3N5O2. The van der Waals surface area contributed by atoms with Crippen molar-refractivity contribution in [3.05, 3.63) is 71.5 Å². The molecular weight excluding hydrogens is 459 g/mol. The third kappa shape index (κ3) is 4.72. The molecule has 1 fully saturated rings. The lowest BCUT2D eigenvalue weighted by molar-refractivity contribution is -0.137. The van der Waals surface area contributed by atoms with Crippen LogP contribution >= 0.6 is 0 Å². The summed E-state index contributed by atoms with van der Waals surface area (Å²) in [7, 11) is 0. The first kappa shape index (κ1) is 22.6. The van der Waals surface area contributed by atoms with E-state index in [4.69, 9.17) is 0 Å². The zero-order chi connectivity index (χ0) is 24.6. The molecule has 5 rings (SSSR count). The van der Waals surface area contributed by atoms with Gasteiger partial charge in [0, 0.05) is 36.2 Å². The van der Waals surface area contributed by atoms with Gasteiger partial charge < -0.3 is 25.8 Å². The zero-order valence-electron chi connectivity index (χ0n) is 18.5. The van der Waals surface area contributed by atoms with Crippen molar-refractivity contribution in [2.24, 2.45) is 0 Å². The topological polar surface area (TPSA) is 89.3 Å². The van der Waals surface area contributed by atoms with Crippen LogP contribution in [0.3, 0.4) is 0 Å². The van der Waals surface area contributed by atoms with E-state index in [2.05, 4.69) is 25.8 Å². The van der Waals surface area contributed by atoms with Gasteiger partial charge in [-0.25, -0.2) is 4.79 Å². The fraction of sp³-hybridized carbons (Fsp3) is 0.200. The molecule has 0 bridgehead atoms. The first-order chi connectivity index (χ1) is 16.8. The largest absolute Gasteiger partial charge is 0.416 e. The minimum absolute atomic E-state index is 0.226. The van der Waals surface area contributed by atoms with E-state index in [0.29, 0.717) is 16.9 Å². The van der Waals surface area contributed by atoms with Gasteiger partial charge in [0.25, 0.3) is 5.91 Å². The Bertz CT molecular complexity index is 1290. The first-order valence-corrected chi connectivity index (χ1v) is 11.1. The number of carbonyl (C=O) groups is 2. The van der Waals surface area contributed by atoms with Gasteiger partial charge in [0.05, 0.1) is 28.2 Å². The van der Waals surface area contributed by atoms with Crippen molar-refractivity contribution in [2.45, 2.75) is 19.0 Å². The number of hydrogen-bond acceptors (Lipinski definition) is 3. The molecule has 2 aliphatic heterocycles. The van der Waals surface area contributed by atoms with Gasteiger partial charge in [0.15, 0.2) is 0 Å². The molecule has 1 saturated heterocycles. The van der Waals surface area contributed by atoms with E-state index in [1.54, 1.807) is 18.3 Å². The first-order valence-electron chi connectivity index (χ1n) is 11.1. The maximum absolute atomic E-state index is 12.8. The van der Waals surface area contributed by atoms with Gasteiger partial charge in [-0.2, -0.15) is 13.2 Å². The van der Waals surface area contributed by atoms with Crippen LogP contribution in [0, 0.1) is 0 Å². The van der Waals surface area contributed by atoms with Gasteiger partial charge in [0.1, 0.15) is 0 Å². The highest BCUT2D eigenvalue weighted by Crippen LogP contribution is 2.41. The summed E-state index contributed by atoms with van der Waals surface area (Å²) in [5.41, 5.74) is 3.32. The Kier molecular flexibility index (Phi) is 5.72. The number of H-pyrrole nitrogens is 1. The van der Waals surface area contributed by atoms with E-state index in [-0.39, 0.29) is 11.6 Å². The number of urea groups is 1. The number of fused-ring (bicyclic) bond motifs is 1. The van der Waals surface area contributed by atoms with Crippen LogP contribution in [0.5, 0.6) is 0 Å². The number of anilines is 4. The van der Waals surface area contributed by atoms with Crippen LogP contribution in [-0.2, 0) is 11.0 Å². The van der Waals surface area contributed by atoms with Crippen LogP contribution in [0.25, 0.3) is 11.6 Å². The second-order valence-electron chi connectivity index (χ2n) is 8.40. The van der Waals surface area contributed by atoms with Crippen molar-refractivity contribution in [1.29, 1.82) is 0 Å². The third-order valence-corrected chi connectivity index (χ3v) is 6.01. The molecule has 0 atom stereocenters. The lowest BCUT2D eigenvalue weighted by Gasteiger charge is -2.23. The number of benzene rings is 2. The number of alkyl halides is 3. The van der Waals surface area contributed by atoms with E-state index in [1.807, 2.05) is 18.2 Å². The normalized spacial score (nSPS) is 16.4. The summed E-state index contributed by atoms with van der Waals surface area (Å²) in [6.45, 7) is 1.62. The van der Waals surface area contributed by atoms with Crippen LogP contribution < -0.4 is 20.9 Å². The van der Waals surface area contributed by atoms with Gasteiger partial charge in [-0.15, -0.1) is 0 Å². The number of nitrogens with zero attached hydrogens (tertiary/aromatic N) is 1. The molecule has 10 heteroatoms. The molecule has 2 aromatic carbocycles. The number of nitrogens with one attached hydrogen (secondary N) is 4. The minimum Gasteiger partial charge on any atom is -0.370 e. The molecule has 2 aliphatic rings. The summed E-state index contributed by atoms with van der Waals surface area (Å²) in [4.78, 5) is 30.6. The summed E-state index contributed by atoms with van der Waals surface area (Å²) in [5, 5.41) is 8.20. The zero-order valence-corrected chi connectivity index (χ0v) is 18.5. The van der Waals surface area contributed by atoms with Gasteiger partial charge in [-0.3, -0.25) is 4.79 Å². The number of halogens is 3. The van der Waals surface area contributed by atoms with Crippen molar-refractivity contribution in [3.63, 3.8) is 0 Å². The third-order valence-electron chi connectivity index (χ3n) is 6.01. The molecule has 180 valence electrons. The van der Waals surface area contributed by atoms with Gasteiger partial charge in [-0.05, 0) is 67.4 Å². The molecule has 3 amide bonds. The number of aromatic amines is 1. The fourth-order valence-corrected chi connectivity index (χ4v) is 4.31. The van der Waals surface area contributed by atoms with Gasteiger partial charge >= 0.3 is 12.2 Å². The van der Waals surface area contributed by atoms with E-state index < -0.39 is 17.8 Å². The second kappa shape index (κ2) is 8.86. The highest BCUT2D eigenvalue weighted by Gasteiger charge is 2.30. The number of aromatic nitrogens is 1. The van der Waals surface area contributed by atoms with Crippen molar-refractivity contribution in [3.8, 4) is 0 Å². The van der Waals surface area contributed by atoms with E-state index in [9.17, 15) is 22.8 Å². The quantitative estimate of drug-likeness (QED) is 0.357. The van der Waals surface area contributed by atoms with E-state index in [1.165, 1.54) is 12.1 Å². The second-order valence-corrected chi connectivity index (χ2v) is 8.40. The van der Waals surface area contributed by atoms with E-state index in [0.717, 1.165) is 55.0 Å². The molecule has 35 heavy (non-hydrogen) atoms. The summed E-state index contributed by atoms with van der Waals surface area (Å²) >= 11 is 0. The molecule has 0 aliphatic carbocycles. The standard InChI is InChI=1S/C25H22F3N5O2/c26-25(27,28)15-5-7-16(8-6-15)30-24(35)32-21-14-20-18(13-22(21)33-10-1-2-11-33)19(23(34)31-20)12-17-4-3-9-29-17/h3-9,12-14,29H,1-2,10-11H2,(H,31,34)(H2,30,32,35)/b19-12-. The summed E-state index contributed by atoms with van der Waals surface area (Å²) < 4.78 is 38.4. The monoisotopic (exact) mass is 481 g/mol. The molecule has 0 spiro atoms. The molecule has 3 aromatic rings. The van der Waals surface area contributed by atoms with Crippen LogP contribution in [0.2, 0.25) is 0 Å². The summed E-state index contributed by atoms with van der Waals surface area (Å²) in [6, 6.07) is 10.9. The molecule has 7 nitrogen and oxygen atoms in total. The van der Waals surface area contributed by atoms with Crippen LogP contribution in [0.15, 0.2) is 54.7 Å². The lowest BCUT2D eigenvalue weighted by Crippen LogP contribution is -2.24. The average molecular weight is 481 g/mol. The number of amides is 3. The smallest absolute Gasteiger partial charge is 0.370 e. The molecule has 4 N–H and O–H groups in total.